The van der Waals surface area contributed by atoms with E-state index in [2.05, 4.69) is 20.5 Å². The summed E-state index contributed by atoms with van der Waals surface area (Å²) in [7, 11) is 0. The number of rotatable bonds is 9. The zero-order valence-corrected chi connectivity index (χ0v) is 22.3. The van der Waals surface area contributed by atoms with E-state index in [1.165, 1.54) is 34.7 Å². The van der Waals surface area contributed by atoms with Gasteiger partial charge in [-0.2, -0.15) is 0 Å². The fraction of sp³-hybridized carbons (Fsp3) is 0.143. The van der Waals surface area contributed by atoms with Gasteiger partial charge in [0.15, 0.2) is 33.8 Å². The highest BCUT2D eigenvalue weighted by molar-refractivity contribution is 7.99. The second-order valence-electron chi connectivity index (χ2n) is 8.44. The summed E-state index contributed by atoms with van der Waals surface area (Å²) in [5, 5.41) is 14.5. The zero-order valence-electron chi connectivity index (χ0n) is 20.7. The number of nitrogens with one attached hydrogen (secondary N) is 1. The Morgan fingerprint density at radius 3 is 2.55 bits per heavy atom. The number of thioether (sulfide) groups is 1. The molecule has 0 aliphatic heterocycles. The summed E-state index contributed by atoms with van der Waals surface area (Å²) in [6.45, 7) is 3.82. The number of aromatic nitrogens is 4. The van der Waals surface area contributed by atoms with E-state index in [1.807, 2.05) is 71.5 Å². The first kappa shape index (κ1) is 25.6. The Morgan fingerprint density at radius 1 is 1.05 bits per heavy atom. The summed E-state index contributed by atoms with van der Waals surface area (Å²) in [4.78, 5) is 17.3. The van der Waals surface area contributed by atoms with Crippen LogP contribution in [0.15, 0.2) is 89.4 Å². The average molecular weight is 546 g/mol. The summed E-state index contributed by atoms with van der Waals surface area (Å²) >= 11 is 2.62. The summed E-state index contributed by atoms with van der Waals surface area (Å²) < 4.78 is 21.9. The molecule has 7 nitrogen and oxygen atoms in total. The third-order valence-corrected chi connectivity index (χ3v) is 7.29. The van der Waals surface area contributed by atoms with Crippen LogP contribution in [-0.4, -0.2) is 31.4 Å². The lowest BCUT2D eigenvalue weighted by Gasteiger charge is -2.17. The largest absolute Gasteiger partial charge is 0.480 e. The Hall–Kier alpha value is -4.02. The molecule has 0 aliphatic rings. The molecule has 1 amide bonds. The molecule has 0 bridgehead atoms. The number of carbonyl (C=O) groups excluding carboxylic acids is 1. The predicted molar refractivity (Wildman–Crippen MR) is 148 cm³/mol. The highest BCUT2D eigenvalue weighted by Gasteiger charge is 2.22. The SMILES string of the molecule is Cc1ccc(-c2csc(NC(=O)CSc3nnc(C(C)Oc4ccccc4F)n3-c3ccccc3)n2)cc1. The van der Waals surface area contributed by atoms with E-state index >= 15 is 0 Å². The van der Waals surface area contributed by atoms with Crippen molar-refractivity contribution in [2.24, 2.45) is 0 Å². The second-order valence-corrected chi connectivity index (χ2v) is 10.2. The molecule has 3 aromatic carbocycles. The van der Waals surface area contributed by atoms with E-state index in [1.54, 1.807) is 25.1 Å². The van der Waals surface area contributed by atoms with Gasteiger partial charge >= 0.3 is 0 Å². The van der Waals surface area contributed by atoms with Crippen LogP contribution in [0.2, 0.25) is 0 Å². The van der Waals surface area contributed by atoms with Crippen LogP contribution in [0.25, 0.3) is 16.9 Å². The lowest BCUT2D eigenvalue weighted by atomic mass is 10.1. The maximum absolute atomic E-state index is 14.2. The molecule has 2 aromatic heterocycles. The monoisotopic (exact) mass is 545 g/mol. The highest BCUT2D eigenvalue weighted by Crippen LogP contribution is 2.29. The van der Waals surface area contributed by atoms with E-state index in [9.17, 15) is 9.18 Å². The molecule has 192 valence electrons. The lowest BCUT2D eigenvalue weighted by molar-refractivity contribution is -0.113. The van der Waals surface area contributed by atoms with Crippen LogP contribution >= 0.6 is 23.1 Å². The van der Waals surface area contributed by atoms with Crippen molar-refractivity contribution in [1.29, 1.82) is 0 Å². The number of hydrogen-bond acceptors (Lipinski definition) is 7. The maximum atomic E-state index is 14.2. The van der Waals surface area contributed by atoms with Crippen molar-refractivity contribution in [3.05, 3.63) is 101 Å². The van der Waals surface area contributed by atoms with Crippen LogP contribution in [0.1, 0.15) is 24.4 Å². The standard InChI is InChI=1S/C28H24FN5O2S2/c1-18-12-14-20(15-13-18)23-16-37-27(30-23)31-25(35)17-38-28-33-32-26(34(28)21-8-4-3-5-9-21)19(2)36-24-11-7-6-10-22(24)29/h3-16,19H,17H2,1-2H3,(H,30,31,35). The van der Waals surface area contributed by atoms with Gasteiger partial charge in [-0.3, -0.25) is 9.36 Å². The first-order valence-electron chi connectivity index (χ1n) is 11.8. The Morgan fingerprint density at radius 2 is 1.79 bits per heavy atom. The minimum Gasteiger partial charge on any atom is -0.480 e. The fourth-order valence-electron chi connectivity index (χ4n) is 3.71. The summed E-state index contributed by atoms with van der Waals surface area (Å²) in [5.74, 6) is 0.0610. The fourth-order valence-corrected chi connectivity index (χ4v) is 5.21. The number of halogens is 1. The van der Waals surface area contributed by atoms with Gasteiger partial charge in [0.1, 0.15) is 0 Å². The lowest BCUT2D eigenvalue weighted by Crippen LogP contribution is -2.15. The van der Waals surface area contributed by atoms with Gasteiger partial charge in [-0.05, 0) is 38.1 Å². The first-order chi connectivity index (χ1) is 18.5. The molecule has 0 fully saturated rings. The van der Waals surface area contributed by atoms with Crippen LogP contribution < -0.4 is 10.1 Å². The van der Waals surface area contributed by atoms with Crippen molar-refractivity contribution in [2.75, 3.05) is 11.1 Å². The van der Waals surface area contributed by atoms with E-state index in [-0.39, 0.29) is 17.4 Å². The van der Waals surface area contributed by atoms with E-state index < -0.39 is 11.9 Å². The van der Waals surface area contributed by atoms with E-state index in [0.29, 0.717) is 16.1 Å². The molecule has 2 heterocycles. The van der Waals surface area contributed by atoms with Crippen molar-refractivity contribution >= 4 is 34.1 Å². The van der Waals surface area contributed by atoms with E-state index in [0.717, 1.165) is 16.9 Å². The number of ether oxygens (including phenoxy) is 1. The molecule has 1 unspecified atom stereocenters. The molecule has 0 aliphatic carbocycles. The molecule has 0 radical (unpaired) electrons. The Bertz CT molecular complexity index is 1540. The smallest absolute Gasteiger partial charge is 0.236 e. The molecule has 1 N–H and O–H groups in total. The molecular formula is C28H24FN5O2S2. The van der Waals surface area contributed by atoms with Gasteiger partial charge in [0.05, 0.1) is 11.4 Å². The summed E-state index contributed by atoms with van der Waals surface area (Å²) in [6.07, 6.45) is -0.599. The number of para-hydroxylation sites is 2. The first-order valence-corrected chi connectivity index (χ1v) is 13.7. The number of amides is 1. The molecule has 5 rings (SSSR count). The number of hydrogen-bond donors (Lipinski definition) is 1. The number of anilines is 1. The van der Waals surface area contributed by atoms with Crippen molar-refractivity contribution in [2.45, 2.75) is 25.1 Å². The number of nitrogens with zero attached hydrogens (tertiary/aromatic N) is 4. The second kappa shape index (κ2) is 11.6. The van der Waals surface area contributed by atoms with Crippen molar-refractivity contribution < 1.29 is 13.9 Å². The minimum atomic E-state index is -0.599. The van der Waals surface area contributed by atoms with Crippen molar-refractivity contribution in [3.8, 4) is 22.7 Å². The molecule has 38 heavy (non-hydrogen) atoms. The average Bonchev–Trinajstić information content (AvgIpc) is 3.57. The van der Waals surface area contributed by atoms with Crippen LogP contribution in [0, 0.1) is 12.7 Å². The maximum Gasteiger partial charge on any atom is 0.236 e. The van der Waals surface area contributed by atoms with Crippen LogP contribution in [0.5, 0.6) is 5.75 Å². The zero-order chi connectivity index (χ0) is 26.5. The molecule has 0 spiro atoms. The molecule has 0 saturated heterocycles. The molecule has 5 aromatic rings. The molecular weight excluding hydrogens is 521 g/mol. The van der Waals surface area contributed by atoms with Crippen molar-refractivity contribution in [3.63, 3.8) is 0 Å². The highest BCUT2D eigenvalue weighted by atomic mass is 32.2. The summed E-state index contributed by atoms with van der Waals surface area (Å²) in [6, 6.07) is 23.8. The van der Waals surface area contributed by atoms with E-state index in [4.69, 9.17) is 4.74 Å². The topological polar surface area (TPSA) is 81.9 Å². The summed E-state index contributed by atoms with van der Waals surface area (Å²) in [5.41, 5.74) is 3.79. The number of benzene rings is 3. The van der Waals surface area contributed by atoms with Crippen LogP contribution in [-0.2, 0) is 4.79 Å². The Kier molecular flexibility index (Phi) is 7.81. The molecule has 1 atom stereocenters. The number of aryl methyl sites for hydroxylation is 1. The third kappa shape index (κ3) is 5.92. The van der Waals surface area contributed by atoms with Gasteiger partial charge < -0.3 is 10.1 Å². The van der Waals surface area contributed by atoms with Gasteiger partial charge in [-0.1, -0.05) is 71.9 Å². The van der Waals surface area contributed by atoms with Crippen LogP contribution in [0.4, 0.5) is 9.52 Å². The quantitative estimate of drug-likeness (QED) is 0.207. The van der Waals surface area contributed by atoms with Crippen LogP contribution in [0.3, 0.4) is 0 Å². The van der Waals surface area contributed by atoms with Gasteiger partial charge in [-0.25, -0.2) is 9.37 Å². The van der Waals surface area contributed by atoms with Gasteiger partial charge in [0.25, 0.3) is 0 Å². The Balaban J connectivity index is 1.30. The third-order valence-electron chi connectivity index (χ3n) is 5.61. The minimum absolute atomic E-state index is 0.104. The van der Waals surface area contributed by atoms with Gasteiger partial charge in [-0.15, -0.1) is 21.5 Å². The predicted octanol–water partition coefficient (Wildman–Crippen LogP) is 6.71. The normalized spacial score (nSPS) is 11.8. The van der Waals surface area contributed by atoms with Gasteiger partial charge in [0.2, 0.25) is 5.91 Å². The van der Waals surface area contributed by atoms with Gasteiger partial charge in [0, 0.05) is 16.6 Å². The molecule has 0 saturated carbocycles. The molecule has 10 heteroatoms. The van der Waals surface area contributed by atoms with Crippen molar-refractivity contribution in [1.82, 2.24) is 19.7 Å². The Labute approximate surface area is 227 Å². The number of thiazole rings is 1. The number of carbonyl (C=O) groups is 1.